The van der Waals surface area contributed by atoms with Crippen molar-refractivity contribution in [1.29, 1.82) is 0 Å². The van der Waals surface area contributed by atoms with Crippen LogP contribution in [0.4, 0.5) is 11.8 Å². The van der Waals surface area contributed by atoms with Crippen LogP contribution >= 0.6 is 11.3 Å². The third kappa shape index (κ3) is 3.37. The summed E-state index contributed by atoms with van der Waals surface area (Å²) in [7, 11) is 1.66. The molecule has 6 rings (SSSR count). The molecule has 168 valence electrons. The quantitative estimate of drug-likeness (QED) is 0.357. The van der Waals surface area contributed by atoms with Gasteiger partial charge in [-0.05, 0) is 49.7 Å². The van der Waals surface area contributed by atoms with E-state index in [4.69, 9.17) is 19.9 Å². The van der Waals surface area contributed by atoms with Crippen LogP contribution in [-0.2, 0) is 0 Å². The molecule has 0 atom stereocenters. The first-order chi connectivity index (χ1) is 16.6. The predicted octanol–water partition coefficient (Wildman–Crippen LogP) is 5.56. The number of pyridine rings is 1. The standard InChI is InChI=1S/C25H21N7OS/c1-15-12-21(26-23-22(15)16(2)29-31(23)18-9-5-4-6-10-18)27-24-28-25-32(30-24)20(14-34-25)17-8-7-11-19(13-17)33-3/h4-14H,1-3H3,(H,26,27,30). The van der Waals surface area contributed by atoms with Gasteiger partial charge in [0.05, 0.1) is 24.2 Å². The molecule has 0 saturated carbocycles. The molecule has 0 aliphatic carbocycles. The van der Waals surface area contributed by atoms with Crippen molar-refractivity contribution >= 4 is 39.1 Å². The largest absolute Gasteiger partial charge is 0.497 e. The molecule has 8 nitrogen and oxygen atoms in total. The van der Waals surface area contributed by atoms with Gasteiger partial charge in [-0.2, -0.15) is 10.1 Å². The van der Waals surface area contributed by atoms with Gasteiger partial charge in [-0.25, -0.2) is 14.2 Å². The highest BCUT2D eigenvalue weighted by atomic mass is 32.1. The smallest absolute Gasteiger partial charge is 0.249 e. The Morgan fingerprint density at radius 1 is 0.941 bits per heavy atom. The Hall–Kier alpha value is -4.24. The van der Waals surface area contributed by atoms with Crippen LogP contribution in [-0.4, -0.2) is 36.5 Å². The molecule has 4 heterocycles. The number of nitrogens with zero attached hydrogens (tertiary/aromatic N) is 6. The van der Waals surface area contributed by atoms with Crippen LogP contribution in [0.5, 0.6) is 5.75 Å². The second-order valence-electron chi connectivity index (χ2n) is 7.96. The average molecular weight is 468 g/mol. The van der Waals surface area contributed by atoms with Crippen molar-refractivity contribution in [3.05, 3.63) is 77.3 Å². The summed E-state index contributed by atoms with van der Waals surface area (Å²) in [6.45, 7) is 4.08. The summed E-state index contributed by atoms with van der Waals surface area (Å²) >= 11 is 1.54. The molecule has 0 amide bonds. The number of hydrogen-bond acceptors (Lipinski definition) is 7. The summed E-state index contributed by atoms with van der Waals surface area (Å²) in [6, 6.07) is 19.9. The van der Waals surface area contributed by atoms with E-state index in [2.05, 4.69) is 17.2 Å². The number of nitrogens with one attached hydrogen (secondary N) is 1. The highest BCUT2D eigenvalue weighted by Gasteiger charge is 2.16. The number of para-hydroxylation sites is 1. The minimum atomic E-state index is 0.491. The molecule has 34 heavy (non-hydrogen) atoms. The number of aromatic nitrogens is 6. The second kappa shape index (κ2) is 7.96. The Morgan fingerprint density at radius 3 is 2.62 bits per heavy atom. The lowest BCUT2D eigenvalue weighted by atomic mass is 10.1. The van der Waals surface area contributed by atoms with Gasteiger partial charge < -0.3 is 10.1 Å². The molecular weight excluding hydrogens is 446 g/mol. The fraction of sp³-hybridized carbons (Fsp3) is 0.120. The van der Waals surface area contributed by atoms with Crippen LogP contribution in [0.3, 0.4) is 0 Å². The lowest BCUT2D eigenvalue weighted by Gasteiger charge is -2.07. The Labute approximate surface area is 199 Å². The van der Waals surface area contributed by atoms with Crippen molar-refractivity contribution in [3.63, 3.8) is 0 Å². The Bertz CT molecular complexity index is 1650. The van der Waals surface area contributed by atoms with Gasteiger partial charge in [0.1, 0.15) is 11.6 Å². The normalized spacial score (nSPS) is 11.4. The minimum Gasteiger partial charge on any atom is -0.497 e. The Morgan fingerprint density at radius 2 is 1.79 bits per heavy atom. The topological polar surface area (TPSA) is 82.2 Å². The maximum Gasteiger partial charge on any atom is 0.249 e. The first kappa shape index (κ1) is 20.4. The zero-order valence-corrected chi connectivity index (χ0v) is 19.7. The van der Waals surface area contributed by atoms with Gasteiger partial charge >= 0.3 is 0 Å². The van der Waals surface area contributed by atoms with E-state index in [-0.39, 0.29) is 0 Å². The SMILES string of the molecule is COc1cccc(-c2csc3nc(Nc4cc(C)c5c(C)nn(-c6ccccc6)c5n4)nn23)c1. The molecule has 0 aliphatic rings. The van der Waals surface area contributed by atoms with E-state index in [0.717, 1.165) is 49.9 Å². The summed E-state index contributed by atoms with van der Waals surface area (Å²) in [5.74, 6) is 1.96. The summed E-state index contributed by atoms with van der Waals surface area (Å²) in [6.07, 6.45) is 0. The summed E-state index contributed by atoms with van der Waals surface area (Å²) < 4.78 is 9.09. The van der Waals surface area contributed by atoms with Crippen LogP contribution in [0, 0.1) is 13.8 Å². The minimum absolute atomic E-state index is 0.491. The molecule has 0 spiro atoms. The van der Waals surface area contributed by atoms with Crippen molar-refractivity contribution in [1.82, 2.24) is 29.4 Å². The van der Waals surface area contributed by atoms with E-state index >= 15 is 0 Å². The van der Waals surface area contributed by atoms with Crippen molar-refractivity contribution in [2.75, 3.05) is 12.4 Å². The first-order valence-corrected chi connectivity index (χ1v) is 11.7. The van der Waals surface area contributed by atoms with E-state index in [1.807, 2.05) is 82.2 Å². The van der Waals surface area contributed by atoms with Gasteiger partial charge in [-0.15, -0.1) is 16.4 Å². The van der Waals surface area contributed by atoms with E-state index in [1.54, 1.807) is 7.11 Å². The summed E-state index contributed by atoms with van der Waals surface area (Å²) in [4.78, 5) is 10.3. The van der Waals surface area contributed by atoms with Gasteiger partial charge in [0, 0.05) is 16.3 Å². The molecule has 0 bridgehead atoms. The maximum atomic E-state index is 5.37. The molecule has 4 aromatic heterocycles. The number of thiazole rings is 1. The van der Waals surface area contributed by atoms with Crippen LogP contribution in [0.1, 0.15) is 11.3 Å². The van der Waals surface area contributed by atoms with Gasteiger partial charge in [-0.3, -0.25) is 0 Å². The maximum absolute atomic E-state index is 5.37. The van der Waals surface area contributed by atoms with Crippen molar-refractivity contribution in [3.8, 4) is 22.7 Å². The van der Waals surface area contributed by atoms with Crippen LogP contribution < -0.4 is 10.1 Å². The van der Waals surface area contributed by atoms with Crippen LogP contribution in [0.2, 0.25) is 0 Å². The average Bonchev–Trinajstić information content (AvgIpc) is 3.52. The van der Waals surface area contributed by atoms with E-state index in [1.165, 1.54) is 11.3 Å². The number of fused-ring (bicyclic) bond motifs is 2. The monoisotopic (exact) mass is 467 g/mol. The van der Waals surface area contributed by atoms with Crippen molar-refractivity contribution in [2.24, 2.45) is 0 Å². The summed E-state index contributed by atoms with van der Waals surface area (Å²) in [5, 5.41) is 15.8. The fourth-order valence-electron chi connectivity index (χ4n) is 4.15. The molecule has 0 fully saturated rings. The zero-order valence-electron chi connectivity index (χ0n) is 18.9. The number of benzene rings is 2. The zero-order chi connectivity index (χ0) is 23.2. The Balaban J connectivity index is 1.39. The fourth-order valence-corrected chi connectivity index (χ4v) is 4.98. The van der Waals surface area contributed by atoms with Crippen LogP contribution in [0.15, 0.2) is 66.0 Å². The number of rotatable bonds is 5. The van der Waals surface area contributed by atoms with Crippen molar-refractivity contribution < 1.29 is 4.74 Å². The highest BCUT2D eigenvalue weighted by molar-refractivity contribution is 7.15. The Kier molecular flexibility index (Phi) is 4.77. The van der Waals surface area contributed by atoms with E-state index < -0.39 is 0 Å². The molecule has 9 heteroatoms. The number of hydrogen-bond donors (Lipinski definition) is 1. The first-order valence-electron chi connectivity index (χ1n) is 10.8. The molecule has 0 saturated heterocycles. The highest BCUT2D eigenvalue weighted by Crippen LogP contribution is 2.30. The number of aryl methyl sites for hydroxylation is 2. The number of methoxy groups -OCH3 is 1. The van der Waals surface area contributed by atoms with Gasteiger partial charge in [0.2, 0.25) is 10.9 Å². The third-order valence-corrected chi connectivity index (χ3v) is 6.51. The molecular formula is C25H21N7OS. The lowest BCUT2D eigenvalue weighted by molar-refractivity contribution is 0.415. The predicted molar refractivity (Wildman–Crippen MR) is 134 cm³/mol. The van der Waals surface area contributed by atoms with E-state index in [0.29, 0.717) is 11.8 Å². The van der Waals surface area contributed by atoms with Gasteiger partial charge in [-0.1, -0.05) is 30.3 Å². The van der Waals surface area contributed by atoms with Crippen LogP contribution in [0.25, 0.3) is 32.9 Å². The number of anilines is 2. The molecule has 2 aromatic carbocycles. The summed E-state index contributed by atoms with van der Waals surface area (Å²) in [5.41, 5.74) is 5.76. The second-order valence-corrected chi connectivity index (χ2v) is 8.80. The van der Waals surface area contributed by atoms with Crippen molar-refractivity contribution in [2.45, 2.75) is 13.8 Å². The number of ether oxygens (including phenoxy) is 1. The van der Waals surface area contributed by atoms with Gasteiger partial charge in [0.25, 0.3) is 0 Å². The lowest BCUT2D eigenvalue weighted by Crippen LogP contribution is -2.01. The third-order valence-electron chi connectivity index (χ3n) is 5.70. The molecule has 0 unspecified atom stereocenters. The molecule has 6 aromatic rings. The van der Waals surface area contributed by atoms with Gasteiger partial charge in [0.15, 0.2) is 5.65 Å². The molecule has 0 aliphatic heterocycles. The van der Waals surface area contributed by atoms with E-state index in [9.17, 15) is 0 Å². The molecule has 0 radical (unpaired) electrons. The molecule has 1 N–H and O–H groups in total.